The fraction of sp³-hybridized carbons (Fsp3) is 0.333. The van der Waals surface area contributed by atoms with Gasteiger partial charge in [-0.05, 0) is 73.9 Å². The molecule has 0 bridgehead atoms. The molecule has 6 unspecified atom stereocenters. The molecule has 0 radical (unpaired) electrons. The number of carbonyl (C=O) groups excluding carboxylic acids is 5. The number of likely N-dealkylation sites (tertiary alicyclic amines) is 1. The first-order valence-electron chi connectivity index (χ1n) is 16.1. The van der Waals surface area contributed by atoms with Crippen molar-refractivity contribution >= 4 is 68.5 Å². The number of amides is 6. The van der Waals surface area contributed by atoms with Crippen molar-refractivity contribution in [2.45, 2.75) is 32.6 Å². The second-order valence-corrected chi connectivity index (χ2v) is 15.1. The topological polar surface area (TPSA) is 165 Å². The van der Waals surface area contributed by atoms with E-state index in [0.29, 0.717) is 32.5 Å². The number of imide groups is 4. The Labute approximate surface area is 295 Å². The molecule has 6 amide bonds. The highest BCUT2D eigenvalue weighted by atomic mass is 35.5. The maximum Gasteiger partial charge on any atom is 0.328 e. The van der Waals surface area contributed by atoms with Gasteiger partial charge in [0.1, 0.15) is 23.0 Å². The van der Waals surface area contributed by atoms with Crippen LogP contribution in [-0.4, -0.2) is 56.6 Å². The first-order chi connectivity index (χ1) is 23.8. The normalized spacial score (nSPS) is 27.5. The van der Waals surface area contributed by atoms with Gasteiger partial charge in [-0.3, -0.25) is 23.9 Å². The van der Waals surface area contributed by atoms with Crippen LogP contribution >= 0.6 is 22.9 Å². The molecular weight excluding hydrogens is 682 g/mol. The zero-order chi connectivity index (χ0) is 35.5. The maximum absolute atomic E-state index is 15.0. The highest BCUT2D eigenvalue weighted by molar-refractivity contribution is 7.22. The Morgan fingerprint density at radius 2 is 1.86 bits per heavy atom. The second-order valence-electron chi connectivity index (χ2n) is 13.6. The van der Waals surface area contributed by atoms with Gasteiger partial charge in [0.15, 0.2) is 0 Å². The molecular formula is C36H32ClN5O7S. The fourth-order valence-corrected chi connectivity index (χ4v) is 10.3. The molecule has 2 aliphatic heterocycles. The third kappa shape index (κ3) is 4.16. The van der Waals surface area contributed by atoms with Gasteiger partial charge in [-0.25, -0.2) is 9.69 Å². The number of allylic oxidation sites excluding steroid dienone is 2. The summed E-state index contributed by atoms with van der Waals surface area (Å²) < 4.78 is 8.23. The predicted octanol–water partition coefficient (Wildman–Crippen LogP) is 5.29. The fourth-order valence-electron chi connectivity index (χ4n) is 8.97. The van der Waals surface area contributed by atoms with E-state index in [-0.39, 0.29) is 24.4 Å². The number of nitrogens with zero attached hydrogens (tertiary/aromatic N) is 4. The number of nitrogens with two attached hydrogens (primary N) is 1. The number of carbonyl (C=O) groups is 5. The van der Waals surface area contributed by atoms with Crippen LogP contribution in [0, 0.1) is 36.0 Å². The van der Waals surface area contributed by atoms with Gasteiger partial charge in [0.25, 0.3) is 0 Å². The number of aromatic nitrogens is 2. The first-order valence-corrected chi connectivity index (χ1v) is 17.3. The zero-order valence-electron chi connectivity index (χ0n) is 27.5. The minimum Gasteiger partial charge on any atom is -0.508 e. The summed E-state index contributed by atoms with van der Waals surface area (Å²) in [6.07, 6.45) is 2.00. The Morgan fingerprint density at radius 3 is 2.58 bits per heavy atom. The van der Waals surface area contributed by atoms with Gasteiger partial charge >= 0.3 is 6.03 Å². The molecule has 3 fully saturated rings. The Balaban J connectivity index is 1.28. The number of thiophene rings is 1. The number of phenols is 1. The lowest BCUT2D eigenvalue weighted by Crippen LogP contribution is -2.49. The van der Waals surface area contributed by atoms with Crippen LogP contribution in [0.5, 0.6) is 11.5 Å². The lowest BCUT2D eigenvalue weighted by Gasteiger charge is -2.49. The number of fused-ring (bicyclic) bond motifs is 5. The second kappa shape index (κ2) is 11.0. The number of aromatic hydroxyl groups is 1. The van der Waals surface area contributed by atoms with E-state index in [9.17, 15) is 29.1 Å². The summed E-state index contributed by atoms with van der Waals surface area (Å²) in [6, 6.07) is 11.0. The Kier molecular flexibility index (Phi) is 7.08. The minimum atomic E-state index is -1.44. The summed E-state index contributed by atoms with van der Waals surface area (Å²) in [5.41, 5.74) is 6.50. The molecule has 50 heavy (non-hydrogen) atoms. The molecule has 2 aromatic carbocycles. The van der Waals surface area contributed by atoms with Crippen LogP contribution in [-0.2, 0) is 26.2 Å². The van der Waals surface area contributed by atoms with Crippen molar-refractivity contribution in [1.82, 2.24) is 14.7 Å². The van der Waals surface area contributed by atoms with Gasteiger partial charge in [0, 0.05) is 34.3 Å². The standard InChI is InChI=1S/C36H32ClN5O7S/c1-15-19-12-16(37)8-11-25(19)50-30(15)22-14-26(40(3)39-22)41-32(45)21-13-20-17(9-10-18-27(20)33(46)42(31(18)44)35(38)48)29(36(21,2)34(41)47)28-23(43)6-5-7-24(28)49-4/h5-9,11-12,14,18,20-21,27,29,43H,10,13H2,1-4H3,(H2,38,48). The lowest BCUT2D eigenvalue weighted by atomic mass is 9.51. The van der Waals surface area contributed by atoms with Crippen molar-refractivity contribution in [3.05, 3.63) is 70.3 Å². The number of primary amides is 1. The van der Waals surface area contributed by atoms with Gasteiger partial charge < -0.3 is 15.6 Å². The highest BCUT2D eigenvalue weighted by Gasteiger charge is 2.68. The molecule has 8 rings (SSSR count). The largest absolute Gasteiger partial charge is 0.508 e. The van der Waals surface area contributed by atoms with Crippen LogP contribution in [0.3, 0.4) is 0 Å². The quantitative estimate of drug-likeness (QED) is 0.213. The molecule has 12 nitrogen and oxygen atoms in total. The average molecular weight is 714 g/mol. The number of rotatable bonds is 4. The summed E-state index contributed by atoms with van der Waals surface area (Å²) in [6.45, 7) is 3.69. The number of methoxy groups -OCH3 is 1. The van der Waals surface area contributed by atoms with Crippen molar-refractivity contribution < 1.29 is 33.8 Å². The van der Waals surface area contributed by atoms with E-state index >= 15 is 0 Å². The first kappa shape index (κ1) is 32.2. The van der Waals surface area contributed by atoms with Crippen molar-refractivity contribution in [2.24, 2.45) is 41.9 Å². The number of urea groups is 1. The van der Waals surface area contributed by atoms with E-state index < -0.39 is 64.7 Å². The van der Waals surface area contributed by atoms with Gasteiger partial charge in [0.2, 0.25) is 23.6 Å². The monoisotopic (exact) mass is 713 g/mol. The van der Waals surface area contributed by atoms with Crippen LogP contribution in [0.1, 0.15) is 36.8 Å². The molecule has 4 aromatic rings. The lowest BCUT2D eigenvalue weighted by molar-refractivity contribution is -0.136. The number of hydrogen-bond acceptors (Lipinski definition) is 9. The van der Waals surface area contributed by atoms with Crippen LogP contribution in [0.25, 0.3) is 20.7 Å². The van der Waals surface area contributed by atoms with Crippen LogP contribution in [0.4, 0.5) is 10.6 Å². The van der Waals surface area contributed by atoms with E-state index in [4.69, 9.17) is 27.2 Å². The summed E-state index contributed by atoms with van der Waals surface area (Å²) in [5.74, 6) is -6.36. The van der Waals surface area contributed by atoms with Crippen molar-refractivity contribution in [2.75, 3.05) is 12.0 Å². The molecule has 256 valence electrons. The molecule has 0 spiro atoms. The Bertz CT molecular complexity index is 2260. The number of hydrogen-bond donors (Lipinski definition) is 2. The van der Waals surface area contributed by atoms with E-state index in [1.807, 2.05) is 31.2 Å². The van der Waals surface area contributed by atoms with Crippen molar-refractivity contribution in [3.63, 3.8) is 0 Å². The molecule has 3 N–H and O–H groups in total. The molecule has 6 atom stereocenters. The maximum atomic E-state index is 15.0. The van der Waals surface area contributed by atoms with Crippen LogP contribution < -0.4 is 15.4 Å². The van der Waals surface area contributed by atoms with Crippen molar-refractivity contribution in [1.29, 1.82) is 0 Å². The van der Waals surface area contributed by atoms with Crippen molar-refractivity contribution in [3.8, 4) is 22.1 Å². The smallest absolute Gasteiger partial charge is 0.328 e. The third-order valence-corrected chi connectivity index (χ3v) is 12.8. The number of halogens is 1. The van der Waals surface area contributed by atoms with Gasteiger partial charge in [-0.2, -0.15) is 10.00 Å². The molecule has 4 aliphatic rings. The predicted molar refractivity (Wildman–Crippen MR) is 184 cm³/mol. The number of ether oxygens (including phenoxy) is 1. The van der Waals surface area contributed by atoms with E-state index in [2.05, 4.69) is 0 Å². The SMILES string of the molecule is COc1cccc(O)c1C1C2=CCC3C(=O)N(C(N)=O)C(=O)C3C2CC2C(=O)N(c3cc(-c4sc5ccc(Cl)cc5c4C)nn3C)C(=O)C21C. The highest BCUT2D eigenvalue weighted by Crippen LogP contribution is 2.65. The number of anilines is 1. The van der Waals surface area contributed by atoms with Crippen LogP contribution in [0.2, 0.25) is 5.02 Å². The summed E-state index contributed by atoms with van der Waals surface area (Å²) in [5, 5.41) is 17.7. The molecule has 2 saturated heterocycles. The summed E-state index contributed by atoms with van der Waals surface area (Å²) >= 11 is 7.81. The molecule has 1 saturated carbocycles. The number of phenolic OH excluding ortho intramolecular Hbond substituents is 1. The average Bonchev–Trinajstić information content (AvgIpc) is 3.75. The summed E-state index contributed by atoms with van der Waals surface area (Å²) in [7, 11) is 3.11. The molecule has 14 heteroatoms. The molecule has 4 heterocycles. The van der Waals surface area contributed by atoms with Gasteiger partial charge in [-0.15, -0.1) is 11.3 Å². The number of aryl methyl sites for hydroxylation is 2. The zero-order valence-corrected chi connectivity index (χ0v) is 29.0. The summed E-state index contributed by atoms with van der Waals surface area (Å²) in [4.78, 5) is 71.4. The van der Waals surface area contributed by atoms with Gasteiger partial charge in [-0.1, -0.05) is 29.3 Å². The van der Waals surface area contributed by atoms with Crippen LogP contribution in [0.15, 0.2) is 54.1 Å². The Hall–Kier alpha value is -5.01. The van der Waals surface area contributed by atoms with E-state index in [1.54, 1.807) is 32.2 Å². The third-order valence-electron chi connectivity index (χ3n) is 11.3. The molecule has 2 aliphatic carbocycles. The van der Waals surface area contributed by atoms with E-state index in [1.165, 1.54) is 29.2 Å². The minimum absolute atomic E-state index is 0.0590. The molecule has 2 aromatic heterocycles. The van der Waals surface area contributed by atoms with Gasteiger partial charge in [0.05, 0.1) is 35.2 Å². The Morgan fingerprint density at radius 1 is 1.10 bits per heavy atom. The number of benzene rings is 2. The van der Waals surface area contributed by atoms with E-state index in [0.717, 1.165) is 25.4 Å².